The lowest BCUT2D eigenvalue weighted by Crippen LogP contribution is -2.49. The summed E-state index contributed by atoms with van der Waals surface area (Å²) in [6, 6.07) is 9.50. The molecule has 29 heavy (non-hydrogen) atoms. The fourth-order valence-corrected chi connectivity index (χ4v) is 2.94. The van der Waals surface area contributed by atoms with Gasteiger partial charge in [-0.05, 0) is 53.6 Å². The Morgan fingerprint density at radius 3 is 1.48 bits per heavy atom. The van der Waals surface area contributed by atoms with Crippen molar-refractivity contribution in [3.63, 3.8) is 0 Å². The summed E-state index contributed by atoms with van der Waals surface area (Å²) in [6.45, 7) is 0. The van der Waals surface area contributed by atoms with Gasteiger partial charge in [-0.25, -0.2) is 8.78 Å². The molecule has 1 nitrogen and oxygen atoms in total. The molecule has 0 atom stereocenters. The van der Waals surface area contributed by atoms with E-state index < -0.39 is 34.4 Å². The van der Waals surface area contributed by atoms with Gasteiger partial charge in [-0.1, -0.05) is 12.1 Å². The van der Waals surface area contributed by atoms with E-state index >= 15 is 0 Å². The van der Waals surface area contributed by atoms with Crippen LogP contribution in [0.3, 0.4) is 0 Å². The summed E-state index contributed by atoms with van der Waals surface area (Å²) < 4.78 is 102. The summed E-state index contributed by atoms with van der Waals surface area (Å²) in [6.07, 6.45) is -11.6. The number of thiol groups is 1. The molecule has 0 bridgehead atoms. The zero-order valence-electron chi connectivity index (χ0n) is 14.2. The third-order valence-electron chi connectivity index (χ3n) is 4.32. The molecule has 0 amide bonds. The molecule has 0 aliphatic carbocycles. The third kappa shape index (κ3) is 3.73. The summed E-state index contributed by atoms with van der Waals surface area (Å²) in [7, 11) is 0. The molecule has 1 aromatic heterocycles. The second-order valence-electron chi connectivity index (χ2n) is 6.19. The van der Waals surface area contributed by atoms with Crippen molar-refractivity contribution in [2.24, 2.45) is 0 Å². The molecule has 0 saturated carbocycles. The summed E-state index contributed by atoms with van der Waals surface area (Å²) in [5, 5.41) is 0. The topological polar surface area (TPSA) is 15.8 Å². The molecule has 0 aliphatic rings. The molecule has 0 spiro atoms. The highest BCUT2D eigenvalue weighted by atomic mass is 32.1. The Morgan fingerprint density at radius 2 is 1.07 bits per heavy atom. The van der Waals surface area contributed by atoms with Gasteiger partial charge in [-0.15, -0.1) is 12.6 Å². The zero-order valence-corrected chi connectivity index (χ0v) is 15.1. The van der Waals surface area contributed by atoms with E-state index in [0.717, 1.165) is 24.3 Å². The average Bonchev–Trinajstić information content (AvgIpc) is 3.06. The first kappa shape index (κ1) is 21.2. The first-order chi connectivity index (χ1) is 13.3. The number of hydrogen-bond acceptors (Lipinski definition) is 1. The summed E-state index contributed by atoms with van der Waals surface area (Å²) in [4.78, 5) is 2.15. The lowest BCUT2D eigenvalue weighted by Gasteiger charge is -2.32. The minimum absolute atomic E-state index is 0.0569. The highest BCUT2D eigenvalue weighted by Gasteiger charge is 2.70. The number of aromatic amines is 1. The van der Waals surface area contributed by atoms with Gasteiger partial charge < -0.3 is 4.98 Å². The second-order valence-corrected chi connectivity index (χ2v) is 6.86. The Kier molecular flexibility index (Phi) is 5.18. The fraction of sp³-hybridized carbons (Fsp3) is 0.158. The van der Waals surface area contributed by atoms with Crippen molar-refractivity contribution in [3.05, 3.63) is 71.9 Å². The van der Waals surface area contributed by atoms with Crippen molar-refractivity contribution in [3.8, 4) is 22.4 Å². The molecule has 0 aliphatic heterocycles. The summed E-state index contributed by atoms with van der Waals surface area (Å²) >= 11 is 2.99. The molecular formula is C19H11F8NS. The Morgan fingerprint density at radius 1 is 0.655 bits per heavy atom. The Bertz CT molecular complexity index is 924. The van der Waals surface area contributed by atoms with Crippen LogP contribution in [-0.4, -0.2) is 17.3 Å². The third-order valence-corrected chi connectivity index (χ3v) is 5.06. The average molecular weight is 437 g/mol. The molecule has 1 heterocycles. The lowest BCUT2D eigenvalue weighted by atomic mass is 9.99. The predicted molar refractivity (Wildman–Crippen MR) is 94.4 cm³/mol. The van der Waals surface area contributed by atoms with Crippen LogP contribution in [0, 0.1) is 11.6 Å². The van der Waals surface area contributed by atoms with E-state index in [-0.39, 0.29) is 22.4 Å². The maximum absolute atomic E-state index is 13.4. The number of halogens is 8. The van der Waals surface area contributed by atoms with Gasteiger partial charge in [0.05, 0.1) is 11.4 Å². The van der Waals surface area contributed by atoms with E-state index in [1.54, 1.807) is 0 Å². The van der Waals surface area contributed by atoms with Crippen LogP contribution in [0.15, 0.2) is 54.6 Å². The van der Waals surface area contributed by atoms with Crippen LogP contribution < -0.4 is 0 Å². The van der Waals surface area contributed by atoms with Crippen LogP contribution in [0.5, 0.6) is 0 Å². The molecular weight excluding hydrogens is 426 g/mol. The minimum Gasteiger partial charge on any atom is -0.356 e. The van der Waals surface area contributed by atoms with Gasteiger partial charge in [0, 0.05) is 5.56 Å². The Balaban J connectivity index is 2.29. The van der Waals surface area contributed by atoms with Crippen LogP contribution in [0.25, 0.3) is 22.4 Å². The van der Waals surface area contributed by atoms with Crippen LogP contribution >= 0.6 is 12.6 Å². The summed E-state index contributed by atoms with van der Waals surface area (Å²) in [5.74, 6) is -1.28. The van der Waals surface area contributed by atoms with Crippen LogP contribution in [0.2, 0.25) is 0 Å². The number of nitrogens with one attached hydrogen (secondary N) is 1. The van der Waals surface area contributed by atoms with E-state index in [4.69, 9.17) is 0 Å². The van der Waals surface area contributed by atoms with Gasteiger partial charge >= 0.3 is 12.4 Å². The molecule has 3 rings (SSSR count). The number of H-pyrrole nitrogens is 1. The van der Waals surface area contributed by atoms with Gasteiger partial charge in [0.15, 0.2) is 0 Å². The van der Waals surface area contributed by atoms with Gasteiger partial charge in [0.25, 0.3) is 0 Å². The molecule has 0 saturated heterocycles. The standard InChI is InChI=1S/C19H11F8NS/c20-12-5-1-10(2-6-12)14-9-15(17(29,18(22,23)24)19(25,26)27)28-16(14)11-3-7-13(21)8-4-11/h1-9,28-29H. The smallest absolute Gasteiger partial charge is 0.356 e. The van der Waals surface area contributed by atoms with Gasteiger partial charge in [0.1, 0.15) is 11.6 Å². The van der Waals surface area contributed by atoms with Crippen molar-refractivity contribution < 1.29 is 35.1 Å². The molecule has 0 unspecified atom stereocenters. The number of hydrogen-bond donors (Lipinski definition) is 2. The first-order valence-electron chi connectivity index (χ1n) is 7.96. The molecule has 0 radical (unpaired) electrons. The molecule has 1 N–H and O–H groups in total. The van der Waals surface area contributed by atoms with Crippen molar-refractivity contribution in [2.45, 2.75) is 17.1 Å². The molecule has 3 aromatic rings. The van der Waals surface area contributed by atoms with E-state index in [0.29, 0.717) is 6.07 Å². The highest BCUT2D eigenvalue weighted by molar-refractivity contribution is 7.81. The van der Waals surface area contributed by atoms with E-state index in [1.165, 1.54) is 24.3 Å². The maximum atomic E-state index is 13.4. The molecule has 10 heteroatoms. The van der Waals surface area contributed by atoms with Crippen LogP contribution in [0.1, 0.15) is 5.69 Å². The van der Waals surface area contributed by atoms with Gasteiger partial charge in [-0.2, -0.15) is 26.3 Å². The Labute approximate surface area is 164 Å². The fourth-order valence-electron chi connectivity index (χ4n) is 2.82. The van der Waals surface area contributed by atoms with Crippen molar-refractivity contribution >= 4 is 12.6 Å². The van der Waals surface area contributed by atoms with Crippen LogP contribution in [0.4, 0.5) is 35.1 Å². The largest absolute Gasteiger partial charge is 0.417 e. The summed E-state index contributed by atoms with van der Waals surface area (Å²) in [5.41, 5.74) is -1.15. The van der Waals surface area contributed by atoms with Gasteiger partial charge in [-0.3, -0.25) is 0 Å². The monoisotopic (exact) mass is 437 g/mol. The molecule has 0 fully saturated rings. The molecule has 154 valence electrons. The Hall–Kier alpha value is -2.49. The van der Waals surface area contributed by atoms with Crippen molar-refractivity contribution in [1.29, 1.82) is 0 Å². The van der Waals surface area contributed by atoms with E-state index in [9.17, 15) is 35.1 Å². The van der Waals surface area contributed by atoms with E-state index in [1.807, 2.05) is 0 Å². The number of rotatable bonds is 3. The minimum atomic E-state index is -5.78. The lowest BCUT2D eigenvalue weighted by molar-refractivity contribution is -0.269. The maximum Gasteiger partial charge on any atom is 0.417 e. The zero-order chi connectivity index (χ0) is 21.6. The predicted octanol–water partition coefficient (Wildman–Crippen LogP) is 6.88. The normalized spacial score (nSPS) is 13.0. The highest BCUT2D eigenvalue weighted by Crippen LogP contribution is 2.55. The number of aromatic nitrogens is 1. The van der Waals surface area contributed by atoms with Gasteiger partial charge in [0.2, 0.25) is 4.75 Å². The number of benzene rings is 2. The second kappa shape index (κ2) is 7.08. The quantitative estimate of drug-likeness (QED) is 0.328. The van der Waals surface area contributed by atoms with Crippen molar-refractivity contribution in [2.75, 3.05) is 0 Å². The SMILES string of the molecule is Fc1ccc(-c2cc(C(S)(C(F)(F)F)C(F)(F)F)[nH]c2-c2ccc(F)cc2)cc1. The van der Waals surface area contributed by atoms with Crippen LogP contribution in [-0.2, 0) is 4.75 Å². The van der Waals surface area contributed by atoms with E-state index in [2.05, 4.69) is 17.6 Å². The van der Waals surface area contributed by atoms with Crippen molar-refractivity contribution in [1.82, 2.24) is 4.98 Å². The first-order valence-corrected chi connectivity index (χ1v) is 8.40. The molecule has 2 aromatic carbocycles. The number of alkyl halides is 6.